The first-order chi connectivity index (χ1) is 9.74. The third-order valence-electron chi connectivity index (χ3n) is 2.81. The van der Waals surface area contributed by atoms with Crippen LogP contribution in [-0.4, -0.2) is 34.6 Å². The molecule has 0 aliphatic carbocycles. The van der Waals surface area contributed by atoms with Crippen molar-refractivity contribution in [2.24, 2.45) is 5.73 Å². The standard InChI is InChI=1S/C15H24N2O4/c1-15(2,3)21-14(20)17-9-12(18)13(19)11-7-5-4-6-10(11)8-16/h4-7,12-13,18-19H,8-9,16H2,1-3H3,(H,17,20). The molecule has 118 valence electrons. The quantitative estimate of drug-likeness (QED) is 0.650. The summed E-state index contributed by atoms with van der Waals surface area (Å²) in [5.74, 6) is 0. The van der Waals surface area contributed by atoms with Gasteiger partial charge in [0.05, 0.1) is 0 Å². The molecule has 2 atom stereocenters. The summed E-state index contributed by atoms with van der Waals surface area (Å²) in [4.78, 5) is 11.5. The van der Waals surface area contributed by atoms with Crippen LogP contribution in [0.5, 0.6) is 0 Å². The number of amides is 1. The number of carbonyl (C=O) groups excluding carboxylic acids is 1. The van der Waals surface area contributed by atoms with Gasteiger partial charge in [-0.25, -0.2) is 4.79 Å². The highest BCUT2D eigenvalue weighted by Gasteiger charge is 2.22. The van der Waals surface area contributed by atoms with Gasteiger partial charge in [-0.1, -0.05) is 24.3 Å². The van der Waals surface area contributed by atoms with Gasteiger partial charge in [-0.2, -0.15) is 0 Å². The van der Waals surface area contributed by atoms with Gasteiger partial charge in [0.1, 0.15) is 17.8 Å². The summed E-state index contributed by atoms with van der Waals surface area (Å²) in [6.45, 7) is 5.38. The van der Waals surface area contributed by atoms with Gasteiger partial charge in [-0.05, 0) is 31.9 Å². The van der Waals surface area contributed by atoms with Crippen molar-refractivity contribution in [2.45, 2.75) is 45.1 Å². The smallest absolute Gasteiger partial charge is 0.407 e. The number of ether oxygens (including phenoxy) is 1. The molecule has 1 amide bonds. The minimum atomic E-state index is -1.15. The Morgan fingerprint density at radius 1 is 1.33 bits per heavy atom. The Labute approximate surface area is 124 Å². The maximum atomic E-state index is 11.5. The van der Waals surface area contributed by atoms with E-state index in [0.29, 0.717) is 5.56 Å². The molecule has 0 saturated carbocycles. The lowest BCUT2D eigenvalue weighted by Crippen LogP contribution is -2.39. The Kier molecular flexibility index (Phi) is 6.14. The number of benzene rings is 1. The lowest BCUT2D eigenvalue weighted by molar-refractivity contribution is 0.0125. The summed E-state index contributed by atoms with van der Waals surface area (Å²) in [6, 6.07) is 7.05. The van der Waals surface area contributed by atoms with Crippen LogP contribution in [0, 0.1) is 0 Å². The number of carbonyl (C=O) groups is 1. The first kappa shape index (κ1) is 17.4. The highest BCUT2D eigenvalue weighted by atomic mass is 16.6. The molecule has 1 aromatic carbocycles. The van der Waals surface area contributed by atoms with Gasteiger partial charge in [0.15, 0.2) is 0 Å². The maximum absolute atomic E-state index is 11.5. The van der Waals surface area contributed by atoms with Gasteiger partial charge >= 0.3 is 6.09 Å². The summed E-state index contributed by atoms with van der Waals surface area (Å²) < 4.78 is 5.06. The number of hydrogen-bond donors (Lipinski definition) is 4. The second-order valence-corrected chi connectivity index (χ2v) is 5.80. The number of nitrogens with one attached hydrogen (secondary N) is 1. The minimum Gasteiger partial charge on any atom is -0.444 e. The molecule has 1 rings (SSSR count). The fraction of sp³-hybridized carbons (Fsp3) is 0.533. The summed E-state index contributed by atoms with van der Waals surface area (Å²) in [7, 11) is 0. The van der Waals surface area contributed by atoms with Crippen molar-refractivity contribution in [3.8, 4) is 0 Å². The van der Waals surface area contributed by atoms with E-state index in [9.17, 15) is 15.0 Å². The fourth-order valence-electron chi connectivity index (χ4n) is 1.83. The van der Waals surface area contributed by atoms with E-state index in [-0.39, 0.29) is 13.1 Å². The molecule has 0 saturated heterocycles. The minimum absolute atomic E-state index is 0.116. The molecule has 0 aliphatic rings. The predicted octanol–water partition coefficient (Wildman–Crippen LogP) is 1.06. The molecule has 1 aromatic rings. The number of hydrogen-bond acceptors (Lipinski definition) is 5. The number of rotatable bonds is 5. The molecule has 0 aliphatic heterocycles. The van der Waals surface area contributed by atoms with Crippen molar-refractivity contribution in [1.29, 1.82) is 0 Å². The molecule has 0 heterocycles. The molecular formula is C15H24N2O4. The average molecular weight is 296 g/mol. The van der Waals surface area contributed by atoms with E-state index in [1.807, 2.05) is 6.07 Å². The second-order valence-electron chi connectivity index (χ2n) is 5.80. The van der Waals surface area contributed by atoms with E-state index in [4.69, 9.17) is 10.5 Å². The third-order valence-corrected chi connectivity index (χ3v) is 2.81. The molecule has 0 aromatic heterocycles. The molecule has 0 bridgehead atoms. The van der Waals surface area contributed by atoms with Gasteiger partial charge in [0.2, 0.25) is 0 Å². The second kappa shape index (κ2) is 7.40. The summed E-state index contributed by atoms with van der Waals surface area (Å²) >= 11 is 0. The molecule has 0 radical (unpaired) electrons. The van der Waals surface area contributed by atoms with Crippen molar-refractivity contribution in [3.05, 3.63) is 35.4 Å². The van der Waals surface area contributed by atoms with Crippen molar-refractivity contribution in [2.75, 3.05) is 6.54 Å². The summed E-state index contributed by atoms with van der Waals surface area (Å²) in [6.07, 6.45) is -2.91. The predicted molar refractivity (Wildman–Crippen MR) is 79.5 cm³/mol. The van der Waals surface area contributed by atoms with Crippen LogP contribution < -0.4 is 11.1 Å². The van der Waals surface area contributed by atoms with Gasteiger partial charge in [0, 0.05) is 13.1 Å². The first-order valence-corrected chi connectivity index (χ1v) is 6.85. The van der Waals surface area contributed by atoms with Crippen LogP contribution in [-0.2, 0) is 11.3 Å². The van der Waals surface area contributed by atoms with E-state index in [1.54, 1.807) is 39.0 Å². The molecular weight excluding hydrogens is 272 g/mol. The van der Waals surface area contributed by atoms with Gasteiger partial charge in [-0.3, -0.25) is 0 Å². The van der Waals surface area contributed by atoms with Crippen LogP contribution in [0.1, 0.15) is 38.0 Å². The fourth-order valence-corrected chi connectivity index (χ4v) is 1.83. The molecule has 2 unspecified atom stereocenters. The largest absolute Gasteiger partial charge is 0.444 e. The topological polar surface area (TPSA) is 105 Å². The Morgan fingerprint density at radius 3 is 2.52 bits per heavy atom. The zero-order valence-electron chi connectivity index (χ0n) is 12.7. The molecule has 21 heavy (non-hydrogen) atoms. The van der Waals surface area contributed by atoms with Crippen molar-refractivity contribution in [1.82, 2.24) is 5.32 Å². The van der Waals surface area contributed by atoms with E-state index < -0.39 is 23.9 Å². The number of nitrogens with two attached hydrogens (primary N) is 1. The normalized spacial score (nSPS) is 14.4. The zero-order chi connectivity index (χ0) is 16.0. The van der Waals surface area contributed by atoms with Crippen LogP contribution in [0.4, 0.5) is 4.79 Å². The lowest BCUT2D eigenvalue weighted by Gasteiger charge is -2.23. The SMILES string of the molecule is CC(C)(C)OC(=O)NCC(O)C(O)c1ccccc1CN. The van der Waals surface area contributed by atoms with E-state index in [2.05, 4.69) is 5.32 Å². The molecule has 0 spiro atoms. The number of alkyl carbamates (subject to hydrolysis) is 1. The van der Waals surface area contributed by atoms with E-state index >= 15 is 0 Å². The molecule has 6 nitrogen and oxygen atoms in total. The van der Waals surface area contributed by atoms with Crippen molar-refractivity contribution >= 4 is 6.09 Å². The van der Waals surface area contributed by atoms with E-state index in [1.165, 1.54) is 0 Å². The third kappa shape index (κ3) is 5.71. The average Bonchev–Trinajstić information content (AvgIpc) is 2.42. The Morgan fingerprint density at radius 2 is 1.95 bits per heavy atom. The Hall–Kier alpha value is -1.63. The lowest BCUT2D eigenvalue weighted by atomic mass is 9.98. The Balaban J connectivity index is 2.59. The highest BCUT2D eigenvalue weighted by Crippen LogP contribution is 2.20. The molecule has 6 heteroatoms. The van der Waals surface area contributed by atoms with Crippen LogP contribution in [0.15, 0.2) is 24.3 Å². The monoisotopic (exact) mass is 296 g/mol. The van der Waals surface area contributed by atoms with Gasteiger partial charge < -0.3 is 26.0 Å². The van der Waals surface area contributed by atoms with Crippen molar-refractivity contribution in [3.63, 3.8) is 0 Å². The maximum Gasteiger partial charge on any atom is 0.407 e. The van der Waals surface area contributed by atoms with Crippen molar-refractivity contribution < 1.29 is 19.7 Å². The zero-order valence-corrected chi connectivity index (χ0v) is 12.7. The van der Waals surface area contributed by atoms with Gasteiger partial charge in [0.25, 0.3) is 0 Å². The van der Waals surface area contributed by atoms with E-state index in [0.717, 1.165) is 5.56 Å². The van der Waals surface area contributed by atoms with Crippen LogP contribution in [0.25, 0.3) is 0 Å². The van der Waals surface area contributed by atoms with Crippen LogP contribution in [0.3, 0.4) is 0 Å². The number of aliphatic hydroxyl groups excluding tert-OH is 2. The van der Waals surface area contributed by atoms with Gasteiger partial charge in [-0.15, -0.1) is 0 Å². The van der Waals surface area contributed by atoms with Crippen LogP contribution >= 0.6 is 0 Å². The highest BCUT2D eigenvalue weighted by molar-refractivity contribution is 5.67. The summed E-state index contributed by atoms with van der Waals surface area (Å²) in [5.41, 5.74) is 6.29. The first-order valence-electron chi connectivity index (χ1n) is 6.85. The molecule has 0 fully saturated rings. The molecule has 5 N–H and O–H groups in total. The summed E-state index contributed by atoms with van der Waals surface area (Å²) in [5, 5.41) is 22.6. The Bertz CT molecular complexity index is 471. The van der Waals surface area contributed by atoms with Crippen LogP contribution in [0.2, 0.25) is 0 Å². The number of aliphatic hydroxyl groups is 2.